The van der Waals surface area contributed by atoms with Gasteiger partial charge in [-0.2, -0.15) is 0 Å². The number of aromatic nitrogens is 5. The number of hydrogen-bond donors (Lipinski definition) is 0. The van der Waals surface area contributed by atoms with Crippen molar-refractivity contribution in [1.29, 1.82) is 0 Å². The summed E-state index contributed by atoms with van der Waals surface area (Å²) in [6.07, 6.45) is 0. The van der Waals surface area contributed by atoms with Crippen LogP contribution in [0.25, 0.3) is 126 Å². The van der Waals surface area contributed by atoms with Gasteiger partial charge in [0.25, 0.3) is 0 Å². The van der Waals surface area contributed by atoms with Gasteiger partial charge in [0.2, 0.25) is 0 Å². The zero-order valence-corrected chi connectivity index (χ0v) is 35.2. The molecule has 0 unspecified atom stereocenters. The van der Waals surface area contributed by atoms with Gasteiger partial charge in [0, 0.05) is 75.0 Å². The summed E-state index contributed by atoms with van der Waals surface area (Å²) in [5, 5.41) is 8.39. The number of thiophene rings is 1. The molecule has 4 heterocycles. The molecule has 5 nitrogen and oxygen atoms in total. The Morgan fingerprint density at radius 3 is 1.69 bits per heavy atom. The van der Waals surface area contributed by atoms with E-state index in [0.29, 0.717) is 17.5 Å². The number of pyridine rings is 1. The van der Waals surface area contributed by atoms with E-state index in [4.69, 9.17) is 19.9 Å². The van der Waals surface area contributed by atoms with E-state index in [9.17, 15) is 0 Å². The van der Waals surface area contributed by atoms with Crippen LogP contribution < -0.4 is 0 Å². The van der Waals surface area contributed by atoms with Crippen molar-refractivity contribution >= 4 is 75.0 Å². The average Bonchev–Trinajstić information content (AvgIpc) is 3.92. The summed E-state index contributed by atoms with van der Waals surface area (Å²) in [6, 6.07) is 74.8. The third-order valence-electron chi connectivity index (χ3n) is 12.4. The van der Waals surface area contributed by atoms with Crippen molar-refractivity contribution in [3.05, 3.63) is 212 Å². The molecule has 64 heavy (non-hydrogen) atoms. The number of para-hydroxylation sites is 3. The van der Waals surface area contributed by atoms with Gasteiger partial charge in [-0.3, -0.25) is 0 Å². The van der Waals surface area contributed by atoms with Crippen LogP contribution in [-0.4, -0.2) is 24.5 Å². The van der Waals surface area contributed by atoms with E-state index in [1.165, 1.54) is 41.9 Å². The summed E-state index contributed by atoms with van der Waals surface area (Å²) in [5.41, 5.74) is 11.6. The SMILES string of the molecule is c1ccc(-c2nc(-c3cccc(-c4cccc5c4sc4c5ccc5c(-c6ccccc6)nc6ccccc6c54)c3)nc(-c3ccc4c(c3)c3ccccc3n4-c3ccccc3)n2)cc1. The van der Waals surface area contributed by atoms with Gasteiger partial charge < -0.3 is 4.57 Å². The van der Waals surface area contributed by atoms with Crippen molar-refractivity contribution in [3.8, 4) is 62.2 Å². The molecule has 0 aliphatic heterocycles. The van der Waals surface area contributed by atoms with E-state index in [2.05, 4.69) is 199 Å². The lowest BCUT2D eigenvalue weighted by Gasteiger charge is -2.11. The Bertz CT molecular complexity index is 3950. The summed E-state index contributed by atoms with van der Waals surface area (Å²) >= 11 is 1.86. The van der Waals surface area contributed by atoms with Crippen LogP contribution in [0, 0.1) is 0 Å². The second-order valence-corrected chi connectivity index (χ2v) is 17.2. The van der Waals surface area contributed by atoms with Crippen molar-refractivity contribution in [1.82, 2.24) is 24.5 Å². The molecule has 0 N–H and O–H groups in total. The monoisotopic (exact) mass is 833 g/mol. The molecule has 0 amide bonds. The summed E-state index contributed by atoms with van der Waals surface area (Å²) in [6.45, 7) is 0. The maximum atomic E-state index is 5.25. The molecule has 0 saturated carbocycles. The zero-order valence-electron chi connectivity index (χ0n) is 34.4. The Balaban J connectivity index is 0.976. The second-order valence-electron chi connectivity index (χ2n) is 16.2. The Hall–Kier alpha value is -8.32. The summed E-state index contributed by atoms with van der Waals surface area (Å²) in [7, 11) is 0. The van der Waals surface area contributed by atoms with E-state index in [1.54, 1.807) is 0 Å². The quantitative estimate of drug-likeness (QED) is 0.157. The average molecular weight is 834 g/mol. The molecule has 0 radical (unpaired) electrons. The van der Waals surface area contributed by atoms with Crippen LogP contribution in [-0.2, 0) is 0 Å². The molecule has 0 aliphatic rings. The van der Waals surface area contributed by atoms with E-state index < -0.39 is 0 Å². The van der Waals surface area contributed by atoms with Gasteiger partial charge in [0.05, 0.1) is 22.2 Å². The van der Waals surface area contributed by atoms with E-state index in [1.807, 2.05) is 29.5 Å². The molecular weight excluding hydrogens is 799 g/mol. The fraction of sp³-hybridized carbons (Fsp3) is 0. The molecule has 298 valence electrons. The molecular formula is C58H35N5S. The molecule has 6 heteroatoms. The van der Waals surface area contributed by atoms with Crippen LogP contribution in [0.2, 0.25) is 0 Å². The van der Waals surface area contributed by atoms with Crippen molar-refractivity contribution in [2.24, 2.45) is 0 Å². The number of hydrogen-bond acceptors (Lipinski definition) is 5. The summed E-state index contributed by atoms with van der Waals surface area (Å²) in [4.78, 5) is 20.8. The first kappa shape index (κ1) is 36.3. The van der Waals surface area contributed by atoms with Crippen LogP contribution in [0.4, 0.5) is 0 Å². The number of fused-ring (bicyclic) bond motifs is 10. The molecule has 13 aromatic rings. The summed E-state index contributed by atoms with van der Waals surface area (Å²) in [5.74, 6) is 1.88. The zero-order chi connectivity index (χ0) is 42.1. The molecule has 0 fully saturated rings. The molecule has 0 bridgehead atoms. The number of benzene rings is 9. The minimum absolute atomic E-state index is 0.624. The normalized spacial score (nSPS) is 11.8. The van der Waals surface area contributed by atoms with Gasteiger partial charge in [-0.25, -0.2) is 19.9 Å². The maximum Gasteiger partial charge on any atom is 0.164 e. The smallest absolute Gasteiger partial charge is 0.164 e. The van der Waals surface area contributed by atoms with E-state index in [0.717, 1.165) is 66.5 Å². The van der Waals surface area contributed by atoms with Gasteiger partial charge in [0.1, 0.15) is 0 Å². The number of nitrogens with zero attached hydrogens (tertiary/aromatic N) is 5. The lowest BCUT2D eigenvalue weighted by molar-refractivity contribution is 1.07. The van der Waals surface area contributed by atoms with Crippen molar-refractivity contribution < 1.29 is 0 Å². The molecule has 0 aliphatic carbocycles. The topological polar surface area (TPSA) is 56.5 Å². The Morgan fingerprint density at radius 2 is 0.891 bits per heavy atom. The molecule has 0 saturated heterocycles. The van der Waals surface area contributed by atoms with Gasteiger partial charge in [-0.15, -0.1) is 11.3 Å². The highest BCUT2D eigenvalue weighted by molar-refractivity contribution is 7.27. The number of rotatable bonds is 6. The first-order chi connectivity index (χ1) is 31.7. The van der Waals surface area contributed by atoms with Crippen molar-refractivity contribution in [3.63, 3.8) is 0 Å². The van der Waals surface area contributed by atoms with Gasteiger partial charge >= 0.3 is 0 Å². The van der Waals surface area contributed by atoms with Gasteiger partial charge in [0.15, 0.2) is 17.5 Å². The Kier molecular flexibility index (Phi) is 8.32. The summed E-state index contributed by atoms with van der Waals surface area (Å²) < 4.78 is 4.84. The molecule has 4 aromatic heterocycles. The predicted octanol–water partition coefficient (Wildman–Crippen LogP) is 15.4. The first-order valence-electron chi connectivity index (χ1n) is 21.5. The van der Waals surface area contributed by atoms with Crippen LogP contribution in [0.1, 0.15) is 0 Å². The van der Waals surface area contributed by atoms with Crippen molar-refractivity contribution in [2.75, 3.05) is 0 Å². The van der Waals surface area contributed by atoms with Crippen molar-refractivity contribution in [2.45, 2.75) is 0 Å². The Morgan fingerprint density at radius 1 is 0.328 bits per heavy atom. The highest BCUT2D eigenvalue weighted by Crippen LogP contribution is 2.46. The lowest BCUT2D eigenvalue weighted by Crippen LogP contribution is -2.00. The van der Waals surface area contributed by atoms with E-state index >= 15 is 0 Å². The van der Waals surface area contributed by atoms with Gasteiger partial charge in [-0.1, -0.05) is 164 Å². The van der Waals surface area contributed by atoms with Crippen LogP contribution in [0.3, 0.4) is 0 Å². The minimum Gasteiger partial charge on any atom is -0.309 e. The fourth-order valence-electron chi connectivity index (χ4n) is 9.48. The molecule has 13 rings (SSSR count). The predicted molar refractivity (Wildman–Crippen MR) is 267 cm³/mol. The lowest BCUT2D eigenvalue weighted by atomic mass is 9.97. The largest absolute Gasteiger partial charge is 0.309 e. The second kappa shape index (κ2) is 14.7. The minimum atomic E-state index is 0.624. The van der Waals surface area contributed by atoms with Crippen LogP contribution >= 0.6 is 11.3 Å². The van der Waals surface area contributed by atoms with Crippen LogP contribution in [0.5, 0.6) is 0 Å². The van der Waals surface area contributed by atoms with Crippen LogP contribution in [0.15, 0.2) is 212 Å². The third kappa shape index (κ3) is 5.84. The molecule has 0 spiro atoms. The first-order valence-corrected chi connectivity index (χ1v) is 22.3. The van der Waals surface area contributed by atoms with E-state index in [-0.39, 0.29) is 0 Å². The highest BCUT2D eigenvalue weighted by Gasteiger charge is 2.20. The third-order valence-corrected chi connectivity index (χ3v) is 13.7. The Labute approximate surface area is 372 Å². The standard InChI is InChI=1S/C58H35N5S/c1-4-16-36(17-5-1)53-47-32-31-45-44-27-15-26-42(54(44)64-55(45)52(47)46-25-10-12-28-49(46)59-53)38-20-14-21-39(34-38)57-60-56(37-18-6-2-7-19-37)61-58(62-57)40-30-33-51-48(35-40)43-24-11-13-29-50(43)63(51)41-22-8-3-9-23-41/h1-35H. The highest BCUT2D eigenvalue weighted by atomic mass is 32.1. The van der Waals surface area contributed by atoms with Gasteiger partial charge in [-0.05, 0) is 59.7 Å². The maximum absolute atomic E-state index is 5.25. The molecule has 9 aromatic carbocycles. The molecule has 0 atom stereocenters. The fourth-order valence-corrected chi connectivity index (χ4v) is 10.9.